The van der Waals surface area contributed by atoms with E-state index in [1.807, 2.05) is 54.6 Å². The lowest BCUT2D eigenvalue weighted by molar-refractivity contribution is -0.135. The minimum atomic E-state index is -1.42. The number of hydrogen-bond donors (Lipinski definition) is 0. The molecule has 0 fully saturated rings. The zero-order valence-corrected chi connectivity index (χ0v) is 14.3. The van der Waals surface area contributed by atoms with Gasteiger partial charge in [0.2, 0.25) is 0 Å². The normalized spacial score (nSPS) is 17.2. The minimum Gasteiger partial charge on any atom is -0.426 e. The number of carbonyl (C=O) groups is 1. The van der Waals surface area contributed by atoms with Crippen molar-refractivity contribution in [2.45, 2.75) is 31.9 Å². The summed E-state index contributed by atoms with van der Waals surface area (Å²) in [6, 6.07) is 19.4. The molecule has 0 saturated carbocycles. The zero-order valence-electron chi connectivity index (χ0n) is 14.3. The molecule has 0 radical (unpaired) electrons. The molecular weight excluding hydrogens is 315 g/mol. The van der Waals surface area contributed by atoms with Crippen molar-refractivity contribution >= 4 is 16.7 Å². The first-order valence-electron chi connectivity index (χ1n) is 8.45. The molecule has 0 aromatic heterocycles. The molecule has 1 heterocycles. The van der Waals surface area contributed by atoms with Crippen molar-refractivity contribution in [3.63, 3.8) is 0 Å². The molecule has 1 aliphatic heterocycles. The first-order chi connectivity index (χ1) is 11.9. The molecule has 3 aromatic carbocycles. The first kappa shape index (κ1) is 15.8. The van der Waals surface area contributed by atoms with Gasteiger partial charge in [0.05, 0.1) is 6.42 Å². The molecule has 3 aromatic rings. The van der Waals surface area contributed by atoms with E-state index in [1.54, 1.807) is 19.9 Å². The lowest BCUT2D eigenvalue weighted by atomic mass is 9.83. The summed E-state index contributed by atoms with van der Waals surface area (Å²) in [6.45, 7) is 3.09. The van der Waals surface area contributed by atoms with E-state index < -0.39 is 5.67 Å². The van der Waals surface area contributed by atoms with Crippen LogP contribution in [0.25, 0.3) is 10.8 Å². The van der Waals surface area contributed by atoms with Gasteiger partial charge >= 0.3 is 5.97 Å². The van der Waals surface area contributed by atoms with Gasteiger partial charge < -0.3 is 4.74 Å². The SMILES string of the molecule is CC(C)(F)c1cccc(C2CC(=O)Oc3c2ccc2ccccc32)c1. The van der Waals surface area contributed by atoms with E-state index in [9.17, 15) is 9.18 Å². The molecule has 1 aliphatic rings. The van der Waals surface area contributed by atoms with Crippen LogP contribution in [0.3, 0.4) is 0 Å². The highest BCUT2D eigenvalue weighted by Gasteiger charge is 2.30. The van der Waals surface area contributed by atoms with E-state index in [-0.39, 0.29) is 18.3 Å². The number of halogens is 1. The van der Waals surface area contributed by atoms with Gasteiger partial charge in [0.1, 0.15) is 11.4 Å². The van der Waals surface area contributed by atoms with Gasteiger partial charge in [0.25, 0.3) is 0 Å². The second-order valence-corrected chi connectivity index (χ2v) is 7.03. The second kappa shape index (κ2) is 5.69. The summed E-state index contributed by atoms with van der Waals surface area (Å²) in [5, 5.41) is 1.97. The van der Waals surface area contributed by atoms with Crippen LogP contribution in [0.5, 0.6) is 5.75 Å². The van der Waals surface area contributed by atoms with E-state index in [0.29, 0.717) is 11.3 Å². The van der Waals surface area contributed by atoms with Crippen molar-refractivity contribution in [1.29, 1.82) is 0 Å². The highest BCUT2D eigenvalue weighted by molar-refractivity contribution is 5.93. The molecule has 0 amide bonds. The summed E-state index contributed by atoms with van der Waals surface area (Å²) < 4.78 is 19.9. The molecule has 4 rings (SSSR count). The maximum atomic E-state index is 14.4. The second-order valence-electron chi connectivity index (χ2n) is 7.03. The molecule has 3 heteroatoms. The monoisotopic (exact) mass is 334 g/mol. The summed E-state index contributed by atoms with van der Waals surface area (Å²) >= 11 is 0. The number of benzene rings is 3. The third-order valence-corrected chi connectivity index (χ3v) is 4.85. The fraction of sp³-hybridized carbons (Fsp3) is 0.227. The summed E-state index contributed by atoms with van der Waals surface area (Å²) in [4.78, 5) is 12.2. The topological polar surface area (TPSA) is 26.3 Å². The highest BCUT2D eigenvalue weighted by Crippen LogP contribution is 2.43. The predicted molar refractivity (Wildman–Crippen MR) is 96.6 cm³/mol. The van der Waals surface area contributed by atoms with E-state index in [1.165, 1.54) is 0 Å². The van der Waals surface area contributed by atoms with Gasteiger partial charge in [-0.05, 0) is 30.4 Å². The van der Waals surface area contributed by atoms with Crippen LogP contribution in [0.1, 0.15) is 42.9 Å². The number of carbonyl (C=O) groups excluding carboxylic acids is 1. The summed E-state index contributed by atoms with van der Waals surface area (Å²) in [6.07, 6.45) is 0.265. The third kappa shape index (κ3) is 2.80. The smallest absolute Gasteiger partial charge is 0.312 e. The summed E-state index contributed by atoms with van der Waals surface area (Å²) in [5.41, 5.74) is 1.12. The molecule has 0 N–H and O–H groups in total. The Bertz CT molecular complexity index is 969. The predicted octanol–water partition coefficient (Wildman–Crippen LogP) is 5.49. The Morgan fingerprint density at radius 1 is 1.04 bits per heavy atom. The molecular formula is C22H19FO2. The van der Waals surface area contributed by atoms with Crippen molar-refractivity contribution in [3.05, 3.63) is 77.4 Å². The summed E-state index contributed by atoms with van der Waals surface area (Å²) in [7, 11) is 0. The Kier molecular flexibility index (Phi) is 3.60. The van der Waals surface area contributed by atoms with E-state index in [4.69, 9.17) is 4.74 Å². The van der Waals surface area contributed by atoms with E-state index in [2.05, 4.69) is 0 Å². The number of hydrogen-bond acceptors (Lipinski definition) is 2. The largest absolute Gasteiger partial charge is 0.426 e. The Balaban J connectivity index is 1.88. The Morgan fingerprint density at radius 2 is 1.84 bits per heavy atom. The molecule has 0 spiro atoms. The minimum absolute atomic E-state index is 0.122. The molecule has 1 atom stereocenters. The van der Waals surface area contributed by atoms with Gasteiger partial charge in [-0.3, -0.25) is 4.79 Å². The molecule has 126 valence electrons. The van der Waals surface area contributed by atoms with Crippen LogP contribution < -0.4 is 4.74 Å². The van der Waals surface area contributed by atoms with E-state index >= 15 is 0 Å². The Labute approximate surface area is 146 Å². The third-order valence-electron chi connectivity index (χ3n) is 4.85. The lowest BCUT2D eigenvalue weighted by Crippen LogP contribution is -2.21. The number of fused-ring (bicyclic) bond motifs is 3. The molecule has 0 saturated heterocycles. The van der Waals surface area contributed by atoms with Gasteiger partial charge in [-0.15, -0.1) is 0 Å². The molecule has 1 unspecified atom stereocenters. The fourth-order valence-corrected chi connectivity index (χ4v) is 3.50. The highest BCUT2D eigenvalue weighted by atomic mass is 19.1. The fourth-order valence-electron chi connectivity index (χ4n) is 3.50. The van der Waals surface area contributed by atoms with Crippen LogP contribution >= 0.6 is 0 Å². The van der Waals surface area contributed by atoms with Crippen molar-refractivity contribution in [2.75, 3.05) is 0 Å². The van der Waals surface area contributed by atoms with Crippen molar-refractivity contribution in [3.8, 4) is 5.75 Å². The van der Waals surface area contributed by atoms with Crippen molar-refractivity contribution in [2.24, 2.45) is 0 Å². The van der Waals surface area contributed by atoms with Gasteiger partial charge in [-0.1, -0.05) is 60.7 Å². The Hall–Kier alpha value is -2.68. The standard InChI is InChI=1S/C22H19FO2/c1-22(2,23)16-8-5-7-15(12-16)19-13-20(24)25-21-17-9-4-3-6-14(17)10-11-18(19)21/h3-12,19H,13H2,1-2H3. The summed E-state index contributed by atoms with van der Waals surface area (Å²) in [5.74, 6) is 0.256. The van der Waals surface area contributed by atoms with Crippen LogP contribution in [0.4, 0.5) is 4.39 Å². The number of rotatable bonds is 2. The first-order valence-corrected chi connectivity index (χ1v) is 8.45. The quantitative estimate of drug-likeness (QED) is 0.458. The molecule has 0 bridgehead atoms. The van der Waals surface area contributed by atoms with Gasteiger partial charge in [0.15, 0.2) is 0 Å². The van der Waals surface area contributed by atoms with Crippen LogP contribution in [0.15, 0.2) is 60.7 Å². The lowest BCUT2D eigenvalue weighted by Gasteiger charge is -2.27. The van der Waals surface area contributed by atoms with Crippen molar-refractivity contribution < 1.29 is 13.9 Å². The van der Waals surface area contributed by atoms with Crippen LogP contribution in [0.2, 0.25) is 0 Å². The molecule has 0 aliphatic carbocycles. The van der Waals surface area contributed by atoms with Crippen LogP contribution in [0, 0.1) is 0 Å². The van der Waals surface area contributed by atoms with Crippen molar-refractivity contribution in [1.82, 2.24) is 0 Å². The average molecular weight is 334 g/mol. The number of ether oxygens (including phenoxy) is 1. The van der Waals surface area contributed by atoms with Crippen LogP contribution in [-0.4, -0.2) is 5.97 Å². The van der Waals surface area contributed by atoms with Crippen LogP contribution in [-0.2, 0) is 10.5 Å². The number of alkyl halides is 1. The van der Waals surface area contributed by atoms with Gasteiger partial charge in [-0.25, -0.2) is 4.39 Å². The Morgan fingerprint density at radius 3 is 2.64 bits per heavy atom. The van der Waals surface area contributed by atoms with Gasteiger partial charge in [0, 0.05) is 16.9 Å². The van der Waals surface area contributed by atoms with E-state index in [0.717, 1.165) is 21.9 Å². The zero-order chi connectivity index (χ0) is 17.6. The molecule has 2 nitrogen and oxygen atoms in total. The molecule has 25 heavy (non-hydrogen) atoms. The maximum Gasteiger partial charge on any atom is 0.312 e. The van der Waals surface area contributed by atoms with Gasteiger partial charge in [-0.2, -0.15) is 0 Å². The number of esters is 1. The maximum absolute atomic E-state index is 14.4. The average Bonchev–Trinajstić information content (AvgIpc) is 2.60.